The van der Waals surface area contributed by atoms with E-state index in [0.29, 0.717) is 6.54 Å². The van der Waals surface area contributed by atoms with Crippen LogP contribution in [0.1, 0.15) is 11.8 Å². The highest BCUT2D eigenvalue weighted by molar-refractivity contribution is 6.06. The van der Waals surface area contributed by atoms with Crippen LogP contribution in [0.4, 0.5) is 0 Å². The zero-order valence-electron chi connectivity index (χ0n) is 13.0. The molecule has 1 aliphatic heterocycles. The lowest BCUT2D eigenvalue weighted by Gasteiger charge is -2.28. The quantitative estimate of drug-likeness (QED) is 0.756. The van der Waals surface area contributed by atoms with Crippen LogP contribution in [0.15, 0.2) is 48.5 Å². The third-order valence-corrected chi connectivity index (χ3v) is 4.49. The summed E-state index contributed by atoms with van der Waals surface area (Å²) in [5.74, 6) is 0. The fraction of sp³-hybridized carbons (Fsp3) is 0.316. The van der Waals surface area contributed by atoms with Gasteiger partial charge in [0.05, 0.1) is 24.4 Å². The molecule has 2 heterocycles. The monoisotopic (exact) mass is 308 g/mol. The third kappa shape index (κ3) is 2.81. The average Bonchev–Trinajstić information content (AvgIpc) is 2.62. The summed E-state index contributed by atoms with van der Waals surface area (Å²) in [7, 11) is 0. The minimum absolute atomic E-state index is 0.595. The molecule has 1 aromatic heterocycles. The number of nitrogens with zero attached hydrogens (tertiary/aromatic N) is 2. The van der Waals surface area contributed by atoms with Crippen LogP contribution in [0.25, 0.3) is 21.7 Å². The van der Waals surface area contributed by atoms with Crippen LogP contribution in [-0.4, -0.2) is 47.8 Å². The SMILES string of the molecule is OC(CN1CCOCC1)c1nc2ccccc2c2ccccc12. The first-order chi connectivity index (χ1) is 11.3. The van der Waals surface area contributed by atoms with Gasteiger partial charge in [0.2, 0.25) is 0 Å². The molecule has 4 heteroatoms. The van der Waals surface area contributed by atoms with Crippen molar-refractivity contribution in [3.05, 3.63) is 54.2 Å². The average molecular weight is 308 g/mol. The molecule has 1 saturated heterocycles. The summed E-state index contributed by atoms with van der Waals surface area (Å²) in [5.41, 5.74) is 1.70. The van der Waals surface area contributed by atoms with Gasteiger partial charge in [-0.1, -0.05) is 42.5 Å². The van der Waals surface area contributed by atoms with E-state index in [2.05, 4.69) is 17.0 Å². The molecular weight excluding hydrogens is 288 g/mol. The summed E-state index contributed by atoms with van der Waals surface area (Å²) in [4.78, 5) is 7.00. The fourth-order valence-electron chi connectivity index (χ4n) is 3.30. The molecule has 2 aromatic carbocycles. The maximum atomic E-state index is 10.8. The van der Waals surface area contributed by atoms with Gasteiger partial charge in [0.1, 0.15) is 6.10 Å². The number of hydrogen-bond acceptors (Lipinski definition) is 4. The van der Waals surface area contributed by atoms with Crippen molar-refractivity contribution in [3.8, 4) is 0 Å². The van der Waals surface area contributed by atoms with Gasteiger partial charge in [-0.25, -0.2) is 4.98 Å². The summed E-state index contributed by atoms with van der Waals surface area (Å²) in [6.07, 6.45) is -0.595. The van der Waals surface area contributed by atoms with Crippen LogP contribution < -0.4 is 0 Å². The molecule has 23 heavy (non-hydrogen) atoms. The lowest BCUT2D eigenvalue weighted by molar-refractivity contribution is 0.0139. The molecule has 4 rings (SSSR count). The molecule has 1 fully saturated rings. The van der Waals surface area contributed by atoms with Gasteiger partial charge >= 0.3 is 0 Å². The molecule has 0 spiro atoms. The van der Waals surface area contributed by atoms with Crippen LogP contribution in [-0.2, 0) is 4.74 Å². The van der Waals surface area contributed by atoms with Crippen molar-refractivity contribution in [1.29, 1.82) is 0 Å². The zero-order valence-corrected chi connectivity index (χ0v) is 13.0. The molecular formula is C19H20N2O2. The standard InChI is InChI=1S/C19H20N2O2/c22-18(13-21-9-11-23-12-10-21)19-16-7-2-1-5-14(16)15-6-3-4-8-17(15)20-19/h1-8,18,22H,9-13H2. The summed E-state index contributed by atoms with van der Waals surface area (Å²) >= 11 is 0. The fourth-order valence-corrected chi connectivity index (χ4v) is 3.30. The minimum atomic E-state index is -0.595. The summed E-state index contributed by atoms with van der Waals surface area (Å²) in [5, 5.41) is 14.1. The molecule has 118 valence electrons. The number of benzene rings is 2. The molecule has 4 nitrogen and oxygen atoms in total. The number of aromatic nitrogens is 1. The highest BCUT2D eigenvalue weighted by atomic mass is 16.5. The number of para-hydroxylation sites is 1. The number of hydrogen-bond donors (Lipinski definition) is 1. The number of pyridine rings is 1. The second-order valence-corrected chi connectivity index (χ2v) is 5.99. The van der Waals surface area contributed by atoms with Gasteiger partial charge in [-0.3, -0.25) is 4.90 Å². The molecule has 1 aliphatic rings. The van der Waals surface area contributed by atoms with Gasteiger partial charge in [0.15, 0.2) is 0 Å². The van der Waals surface area contributed by atoms with E-state index in [4.69, 9.17) is 9.72 Å². The van der Waals surface area contributed by atoms with E-state index < -0.39 is 6.10 Å². The minimum Gasteiger partial charge on any atom is -0.385 e. The smallest absolute Gasteiger partial charge is 0.109 e. The molecule has 0 aliphatic carbocycles. The van der Waals surface area contributed by atoms with E-state index in [1.165, 1.54) is 0 Å². The predicted molar refractivity (Wildman–Crippen MR) is 91.5 cm³/mol. The molecule has 0 saturated carbocycles. The van der Waals surface area contributed by atoms with Gasteiger partial charge in [-0.2, -0.15) is 0 Å². The van der Waals surface area contributed by atoms with Gasteiger partial charge in [0.25, 0.3) is 0 Å². The Balaban J connectivity index is 1.77. The lowest BCUT2D eigenvalue weighted by Crippen LogP contribution is -2.39. The Morgan fingerprint density at radius 3 is 2.39 bits per heavy atom. The maximum Gasteiger partial charge on any atom is 0.109 e. The molecule has 0 radical (unpaired) electrons. The lowest BCUT2D eigenvalue weighted by atomic mass is 10.0. The number of rotatable bonds is 3. The van der Waals surface area contributed by atoms with Crippen molar-refractivity contribution in [2.24, 2.45) is 0 Å². The highest BCUT2D eigenvalue weighted by Crippen LogP contribution is 2.29. The first-order valence-electron chi connectivity index (χ1n) is 8.08. The number of β-amino-alcohol motifs (C(OH)–C–C–N with tert-alkyl or cyclic N) is 1. The van der Waals surface area contributed by atoms with Crippen molar-refractivity contribution in [2.45, 2.75) is 6.10 Å². The van der Waals surface area contributed by atoms with Gasteiger partial charge in [0, 0.05) is 30.4 Å². The topological polar surface area (TPSA) is 45.6 Å². The Morgan fingerprint density at radius 1 is 0.957 bits per heavy atom. The number of aliphatic hydroxyl groups excluding tert-OH is 1. The van der Waals surface area contributed by atoms with Crippen molar-refractivity contribution in [2.75, 3.05) is 32.8 Å². The highest BCUT2D eigenvalue weighted by Gasteiger charge is 2.20. The molecule has 1 unspecified atom stereocenters. The molecule has 1 N–H and O–H groups in total. The van der Waals surface area contributed by atoms with Crippen molar-refractivity contribution in [1.82, 2.24) is 9.88 Å². The van der Waals surface area contributed by atoms with E-state index in [-0.39, 0.29) is 0 Å². The van der Waals surface area contributed by atoms with Crippen molar-refractivity contribution in [3.63, 3.8) is 0 Å². The summed E-state index contributed by atoms with van der Waals surface area (Å²) < 4.78 is 5.38. The largest absolute Gasteiger partial charge is 0.385 e. The summed E-state index contributed by atoms with van der Waals surface area (Å²) in [6, 6.07) is 16.3. The Hall–Kier alpha value is -2.01. The number of ether oxygens (including phenoxy) is 1. The maximum absolute atomic E-state index is 10.8. The number of aliphatic hydroxyl groups is 1. The normalized spacial score (nSPS) is 17.6. The molecule has 3 aromatic rings. The van der Waals surface area contributed by atoms with E-state index in [1.807, 2.05) is 36.4 Å². The Morgan fingerprint density at radius 2 is 1.61 bits per heavy atom. The van der Waals surface area contributed by atoms with E-state index >= 15 is 0 Å². The Bertz CT molecular complexity index is 828. The van der Waals surface area contributed by atoms with E-state index in [1.54, 1.807) is 0 Å². The van der Waals surface area contributed by atoms with Crippen molar-refractivity contribution < 1.29 is 9.84 Å². The molecule has 0 bridgehead atoms. The van der Waals surface area contributed by atoms with E-state index in [0.717, 1.165) is 53.7 Å². The Labute approximate surface area is 135 Å². The van der Waals surface area contributed by atoms with Crippen LogP contribution in [0, 0.1) is 0 Å². The second kappa shape index (κ2) is 6.24. The van der Waals surface area contributed by atoms with Crippen LogP contribution >= 0.6 is 0 Å². The molecule has 1 atom stereocenters. The van der Waals surface area contributed by atoms with Crippen LogP contribution in [0.5, 0.6) is 0 Å². The first kappa shape index (κ1) is 14.6. The zero-order chi connectivity index (χ0) is 15.6. The first-order valence-corrected chi connectivity index (χ1v) is 8.08. The predicted octanol–water partition coefficient (Wildman–Crippen LogP) is 2.75. The third-order valence-electron chi connectivity index (χ3n) is 4.49. The van der Waals surface area contributed by atoms with Crippen LogP contribution in [0.2, 0.25) is 0 Å². The van der Waals surface area contributed by atoms with Crippen molar-refractivity contribution >= 4 is 21.7 Å². The van der Waals surface area contributed by atoms with Gasteiger partial charge in [-0.15, -0.1) is 0 Å². The number of fused-ring (bicyclic) bond motifs is 3. The van der Waals surface area contributed by atoms with E-state index in [9.17, 15) is 5.11 Å². The van der Waals surface area contributed by atoms with Crippen LogP contribution in [0.3, 0.4) is 0 Å². The Kier molecular flexibility index (Phi) is 3.95. The summed E-state index contributed by atoms with van der Waals surface area (Å²) in [6.45, 7) is 3.79. The second-order valence-electron chi connectivity index (χ2n) is 5.99. The number of morpholine rings is 1. The van der Waals surface area contributed by atoms with Gasteiger partial charge in [-0.05, 0) is 11.5 Å². The van der Waals surface area contributed by atoms with Gasteiger partial charge < -0.3 is 9.84 Å². The molecule has 0 amide bonds.